The predicted octanol–water partition coefficient (Wildman–Crippen LogP) is 4.54. The van der Waals surface area contributed by atoms with Crippen LogP contribution in [0.15, 0.2) is 59.1 Å². The minimum Gasteiger partial charge on any atom is -0.367 e. The number of nitrogens with zero attached hydrogens (tertiary/aromatic N) is 1. The van der Waals surface area contributed by atoms with Crippen molar-refractivity contribution in [3.05, 3.63) is 70.2 Å². The van der Waals surface area contributed by atoms with Gasteiger partial charge in [-0.15, -0.1) is 12.4 Å². The van der Waals surface area contributed by atoms with Crippen molar-refractivity contribution in [2.75, 3.05) is 27.2 Å². The van der Waals surface area contributed by atoms with Crippen LogP contribution in [0, 0.1) is 0 Å². The van der Waals surface area contributed by atoms with Gasteiger partial charge in [-0.05, 0) is 37.4 Å². The highest BCUT2D eigenvalue weighted by atomic mass is 79.9. The van der Waals surface area contributed by atoms with Crippen LogP contribution in [0.25, 0.3) is 0 Å². The van der Waals surface area contributed by atoms with Crippen molar-refractivity contribution in [2.24, 2.45) is 0 Å². The van der Waals surface area contributed by atoms with Gasteiger partial charge in [-0.25, -0.2) is 0 Å². The molecule has 4 heteroatoms. The zero-order chi connectivity index (χ0) is 14.4. The van der Waals surface area contributed by atoms with Gasteiger partial charge in [0.15, 0.2) is 0 Å². The molecule has 0 radical (unpaired) electrons. The third-order valence-electron chi connectivity index (χ3n) is 3.10. The monoisotopic (exact) mass is 369 g/mol. The summed E-state index contributed by atoms with van der Waals surface area (Å²) in [5.41, 5.74) is 2.37. The van der Waals surface area contributed by atoms with E-state index in [-0.39, 0.29) is 18.5 Å². The van der Waals surface area contributed by atoms with Crippen LogP contribution in [0.5, 0.6) is 0 Å². The lowest BCUT2D eigenvalue weighted by atomic mass is 10.0. The highest BCUT2D eigenvalue weighted by Crippen LogP contribution is 2.27. The summed E-state index contributed by atoms with van der Waals surface area (Å²) >= 11 is 3.48. The lowest BCUT2D eigenvalue weighted by Gasteiger charge is -2.20. The standard InChI is InChI=1S/C17H20BrNO.ClH/c1-19(2)12-13-20-17(14-6-4-3-5-7-14)15-8-10-16(18)11-9-15;/h3-11,17H,12-13H2,1-2H3;1H/t17-;/m1./s1. The Labute approximate surface area is 141 Å². The van der Waals surface area contributed by atoms with E-state index >= 15 is 0 Å². The molecule has 114 valence electrons. The van der Waals surface area contributed by atoms with Crippen molar-refractivity contribution in [1.82, 2.24) is 4.90 Å². The molecular weight excluding hydrogens is 350 g/mol. The van der Waals surface area contributed by atoms with Gasteiger partial charge in [0.1, 0.15) is 6.10 Å². The highest BCUT2D eigenvalue weighted by Gasteiger charge is 2.14. The van der Waals surface area contributed by atoms with Crippen molar-refractivity contribution >= 4 is 28.3 Å². The Hall–Kier alpha value is -0.870. The fourth-order valence-electron chi connectivity index (χ4n) is 2.00. The number of likely N-dealkylation sites (N-methyl/N-ethyl adjacent to an activating group) is 1. The van der Waals surface area contributed by atoms with E-state index in [4.69, 9.17) is 4.74 Å². The summed E-state index contributed by atoms with van der Waals surface area (Å²) in [6.45, 7) is 1.63. The zero-order valence-corrected chi connectivity index (χ0v) is 14.7. The van der Waals surface area contributed by atoms with Crippen molar-refractivity contribution in [3.63, 3.8) is 0 Å². The van der Waals surface area contributed by atoms with Crippen molar-refractivity contribution < 1.29 is 4.74 Å². The first-order valence-electron chi connectivity index (χ1n) is 6.73. The summed E-state index contributed by atoms with van der Waals surface area (Å²) in [5, 5.41) is 0. The van der Waals surface area contributed by atoms with E-state index in [0.717, 1.165) is 11.0 Å². The third kappa shape index (κ3) is 5.79. The van der Waals surface area contributed by atoms with Crippen LogP contribution in [0.3, 0.4) is 0 Å². The quantitative estimate of drug-likeness (QED) is 0.740. The van der Waals surface area contributed by atoms with Gasteiger partial charge < -0.3 is 9.64 Å². The Balaban J connectivity index is 0.00000220. The van der Waals surface area contributed by atoms with Crippen LogP contribution in [0.2, 0.25) is 0 Å². The summed E-state index contributed by atoms with van der Waals surface area (Å²) < 4.78 is 7.19. The summed E-state index contributed by atoms with van der Waals surface area (Å²) in [5.74, 6) is 0. The van der Waals surface area contributed by atoms with Gasteiger partial charge in [0.05, 0.1) is 6.61 Å². The molecule has 2 aromatic carbocycles. The maximum absolute atomic E-state index is 6.11. The van der Waals surface area contributed by atoms with Crippen LogP contribution >= 0.6 is 28.3 Å². The van der Waals surface area contributed by atoms with Gasteiger partial charge in [-0.2, -0.15) is 0 Å². The molecule has 2 aromatic rings. The molecule has 0 aliphatic rings. The summed E-state index contributed by atoms with van der Waals surface area (Å²) in [6.07, 6.45) is -0.00995. The normalized spacial score (nSPS) is 12.0. The molecule has 2 rings (SSSR count). The molecule has 0 spiro atoms. The van der Waals surface area contributed by atoms with Gasteiger partial charge >= 0.3 is 0 Å². The highest BCUT2D eigenvalue weighted by molar-refractivity contribution is 9.10. The lowest BCUT2D eigenvalue weighted by molar-refractivity contribution is 0.0687. The van der Waals surface area contributed by atoms with E-state index < -0.39 is 0 Å². The lowest BCUT2D eigenvalue weighted by Crippen LogP contribution is -2.20. The average Bonchev–Trinajstić information content (AvgIpc) is 2.46. The van der Waals surface area contributed by atoms with Crippen molar-refractivity contribution in [1.29, 1.82) is 0 Å². The second-order valence-electron chi connectivity index (χ2n) is 5.02. The molecule has 0 saturated heterocycles. The molecule has 0 aliphatic heterocycles. The van der Waals surface area contributed by atoms with E-state index in [1.54, 1.807) is 0 Å². The molecule has 0 aliphatic carbocycles. The Kier molecular flexibility index (Phi) is 7.97. The molecule has 2 nitrogen and oxygen atoms in total. The molecule has 0 amide bonds. The largest absolute Gasteiger partial charge is 0.367 e. The van der Waals surface area contributed by atoms with Gasteiger partial charge in [0, 0.05) is 11.0 Å². The van der Waals surface area contributed by atoms with Crippen molar-refractivity contribution in [2.45, 2.75) is 6.10 Å². The van der Waals surface area contributed by atoms with Gasteiger partial charge in [-0.3, -0.25) is 0 Å². The van der Waals surface area contributed by atoms with E-state index in [0.29, 0.717) is 6.61 Å². The van der Waals surface area contributed by atoms with Crippen LogP contribution < -0.4 is 0 Å². The van der Waals surface area contributed by atoms with Crippen molar-refractivity contribution in [3.8, 4) is 0 Å². The van der Waals surface area contributed by atoms with Crippen LogP contribution in [0.1, 0.15) is 17.2 Å². The molecule has 0 N–H and O–H groups in total. The van der Waals surface area contributed by atoms with Crippen LogP contribution in [-0.4, -0.2) is 32.1 Å². The van der Waals surface area contributed by atoms with Crippen LogP contribution in [-0.2, 0) is 4.74 Å². The van der Waals surface area contributed by atoms with Gasteiger partial charge in [-0.1, -0.05) is 58.4 Å². The van der Waals surface area contributed by atoms with E-state index in [2.05, 4.69) is 83.5 Å². The number of rotatable bonds is 6. The minimum absolute atomic E-state index is 0. The topological polar surface area (TPSA) is 12.5 Å². The first-order valence-corrected chi connectivity index (χ1v) is 7.53. The maximum Gasteiger partial charge on any atom is 0.108 e. The Morgan fingerprint density at radius 2 is 1.52 bits per heavy atom. The van der Waals surface area contributed by atoms with E-state index in [1.807, 2.05) is 6.07 Å². The molecule has 0 aromatic heterocycles. The molecule has 0 bridgehead atoms. The molecule has 21 heavy (non-hydrogen) atoms. The number of hydrogen-bond donors (Lipinski definition) is 0. The Morgan fingerprint density at radius 1 is 0.952 bits per heavy atom. The fraction of sp³-hybridized carbons (Fsp3) is 0.294. The number of halogens is 2. The minimum atomic E-state index is -0.00995. The number of hydrogen-bond acceptors (Lipinski definition) is 2. The Bertz CT molecular complexity index is 516. The first-order chi connectivity index (χ1) is 9.66. The molecule has 0 heterocycles. The first kappa shape index (κ1) is 18.2. The second-order valence-corrected chi connectivity index (χ2v) is 5.93. The molecule has 0 saturated carbocycles. The predicted molar refractivity (Wildman–Crippen MR) is 94.2 cm³/mol. The SMILES string of the molecule is CN(C)CCO[C@H](c1ccccc1)c1ccc(Br)cc1.Cl. The summed E-state index contributed by atoms with van der Waals surface area (Å²) in [6, 6.07) is 18.7. The third-order valence-corrected chi connectivity index (χ3v) is 3.63. The molecular formula is C17H21BrClNO. The van der Waals surface area contributed by atoms with E-state index in [9.17, 15) is 0 Å². The second kappa shape index (κ2) is 9.21. The smallest absolute Gasteiger partial charge is 0.108 e. The maximum atomic E-state index is 6.11. The number of ether oxygens (including phenoxy) is 1. The summed E-state index contributed by atoms with van der Waals surface area (Å²) in [7, 11) is 4.11. The number of benzene rings is 2. The Morgan fingerprint density at radius 3 is 2.10 bits per heavy atom. The summed E-state index contributed by atoms with van der Waals surface area (Å²) in [4.78, 5) is 2.13. The van der Waals surface area contributed by atoms with Crippen LogP contribution in [0.4, 0.5) is 0 Å². The molecule has 0 unspecified atom stereocenters. The average molecular weight is 371 g/mol. The zero-order valence-electron chi connectivity index (χ0n) is 12.3. The van der Waals surface area contributed by atoms with Gasteiger partial charge in [0.25, 0.3) is 0 Å². The molecule has 1 atom stereocenters. The van der Waals surface area contributed by atoms with Gasteiger partial charge in [0.2, 0.25) is 0 Å². The van der Waals surface area contributed by atoms with E-state index in [1.165, 1.54) is 11.1 Å². The molecule has 0 fully saturated rings. The fourth-order valence-corrected chi connectivity index (χ4v) is 2.27.